The van der Waals surface area contributed by atoms with Gasteiger partial charge in [-0.3, -0.25) is 4.79 Å². The van der Waals surface area contributed by atoms with Gasteiger partial charge >= 0.3 is 0 Å². The third-order valence-corrected chi connectivity index (χ3v) is 4.01. The summed E-state index contributed by atoms with van der Waals surface area (Å²) in [5, 5.41) is 12.5. The molecule has 0 aliphatic heterocycles. The molecule has 0 spiro atoms. The predicted octanol–water partition coefficient (Wildman–Crippen LogP) is 3.92. The van der Waals surface area contributed by atoms with Gasteiger partial charge in [-0.2, -0.15) is 5.26 Å². The number of carbonyl (C=O) groups is 1. The van der Waals surface area contributed by atoms with Crippen molar-refractivity contribution in [2.75, 3.05) is 33.8 Å². The standard InChI is InChI=1S/C20H19ClN2O5/c1-25-16-6-5-14(21)10-15(16)23-20(24)13(11-22)7-12-8-17(26-2)19(28-4)18(9-12)27-3/h5-10H,1-4H3,(H,23,24)/b13-7+. The summed E-state index contributed by atoms with van der Waals surface area (Å²) in [4.78, 5) is 12.6. The molecule has 0 bridgehead atoms. The molecule has 7 nitrogen and oxygen atoms in total. The second-order valence-corrected chi connectivity index (χ2v) is 5.86. The van der Waals surface area contributed by atoms with E-state index in [0.717, 1.165) is 0 Å². The van der Waals surface area contributed by atoms with Crippen molar-refractivity contribution in [1.29, 1.82) is 5.26 Å². The fourth-order valence-corrected chi connectivity index (χ4v) is 2.64. The van der Waals surface area contributed by atoms with Gasteiger partial charge in [-0.25, -0.2) is 0 Å². The van der Waals surface area contributed by atoms with Crippen LogP contribution in [0.4, 0.5) is 5.69 Å². The molecule has 28 heavy (non-hydrogen) atoms. The van der Waals surface area contributed by atoms with Crippen LogP contribution in [0.5, 0.6) is 23.0 Å². The zero-order valence-electron chi connectivity index (χ0n) is 15.8. The largest absolute Gasteiger partial charge is 0.495 e. The Hall–Kier alpha value is -3.37. The van der Waals surface area contributed by atoms with Crippen molar-refractivity contribution in [1.82, 2.24) is 0 Å². The number of anilines is 1. The van der Waals surface area contributed by atoms with Crippen LogP contribution in [-0.4, -0.2) is 34.3 Å². The Kier molecular flexibility index (Phi) is 7.13. The molecule has 2 aromatic rings. The van der Waals surface area contributed by atoms with Crippen LogP contribution in [0.2, 0.25) is 5.02 Å². The van der Waals surface area contributed by atoms with E-state index in [0.29, 0.717) is 39.3 Å². The molecule has 2 rings (SSSR count). The minimum Gasteiger partial charge on any atom is -0.495 e. The van der Waals surface area contributed by atoms with Gasteiger partial charge in [0.1, 0.15) is 17.4 Å². The van der Waals surface area contributed by atoms with Crippen molar-refractivity contribution in [3.8, 4) is 29.1 Å². The zero-order valence-corrected chi connectivity index (χ0v) is 16.6. The highest BCUT2D eigenvalue weighted by atomic mass is 35.5. The summed E-state index contributed by atoms with van der Waals surface area (Å²) in [6.07, 6.45) is 1.41. The van der Waals surface area contributed by atoms with Crippen LogP contribution in [0.3, 0.4) is 0 Å². The second kappa shape index (κ2) is 9.53. The summed E-state index contributed by atoms with van der Waals surface area (Å²) in [6.45, 7) is 0. The van der Waals surface area contributed by atoms with Gasteiger partial charge < -0.3 is 24.3 Å². The van der Waals surface area contributed by atoms with Crippen molar-refractivity contribution in [3.63, 3.8) is 0 Å². The number of hydrogen-bond donors (Lipinski definition) is 1. The number of nitriles is 1. The highest BCUT2D eigenvalue weighted by molar-refractivity contribution is 6.31. The molecule has 0 atom stereocenters. The van der Waals surface area contributed by atoms with Gasteiger partial charge in [0.15, 0.2) is 11.5 Å². The maximum absolute atomic E-state index is 12.6. The summed E-state index contributed by atoms with van der Waals surface area (Å²) >= 11 is 5.97. The van der Waals surface area contributed by atoms with Crippen molar-refractivity contribution in [2.24, 2.45) is 0 Å². The summed E-state index contributed by atoms with van der Waals surface area (Å²) in [5.41, 5.74) is 0.751. The van der Waals surface area contributed by atoms with E-state index in [1.807, 2.05) is 6.07 Å². The van der Waals surface area contributed by atoms with Gasteiger partial charge in [0, 0.05) is 5.02 Å². The van der Waals surface area contributed by atoms with Gasteiger partial charge in [0.25, 0.3) is 5.91 Å². The van der Waals surface area contributed by atoms with Gasteiger partial charge in [0.2, 0.25) is 5.75 Å². The molecule has 0 fully saturated rings. The fourth-order valence-electron chi connectivity index (χ4n) is 2.47. The molecule has 0 aromatic heterocycles. The molecule has 1 amide bonds. The lowest BCUT2D eigenvalue weighted by atomic mass is 10.1. The highest BCUT2D eigenvalue weighted by Crippen LogP contribution is 2.38. The number of ether oxygens (including phenoxy) is 4. The monoisotopic (exact) mass is 402 g/mol. The van der Waals surface area contributed by atoms with Crippen LogP contribution >= 0.6 is 11.6 Å². The van der Waals surface area contributed by atoms with E-state index in [2.05, 4.69) is 5.32 Å². The molecule has 146 valence electrons. The number of hydrogen-bond acceptors (Lipinski definition) is 6. The summed E-state index contributed by atoms with van der Waals surface area (Å²) in [7, 11) is 5.92. The third kappa shape index (κ3) is 4.67. The van der Waals surface area contributed by atoms with Crippen molar-refractivity contribution >= 4 is 29.3 Å². The molecule has 1 N–H and O–H groups in total. The number of methoxy groups -OCH3 is 4. The van der Waals surface area contributed by atoms with Crippen LogP contribution in [0.15, 0.2) is 35.9 Å². The van der Waals surface area contributed by atoms with Crippen molar-refractivity contribution in [2.45, 2.75) is 0 Å². The third-order valence-electron chi connectivity index (χ3n) is 3.77. The first-order valence-electron chi connectivity index (χ1n) is 8.04. The van der Waals surface area contributed by atoms with Crippen LogP contribution in [-0.2, 0) is 4.79 Å². The minimum atomic E-state index is -0.614. The van der Waals surface area contributed by atoms with Crippen molar-refractivity contribution < 1.29 is 23.7 Å². The van der Waals surface area contributed by atoms with Gasteiger partial charge in [0.05, 0.1) is 34.1 Å². The number of nitrogens with zero attached hydrogens (tertiary/aromatic N) is 1. The minimum absolute atomic E-state index is 0.128. The molecule has 0 unspecified atom stereocenters. The predicted molar refractivity (Wildman–Crippen MR) is 106 cm³/mol. The molecule has 0 saturated heterocycles. The van der Waals surface area contributed by atoms with E-state index < -0.39 is 5.91 Å². The summed E-state index contributed by atoms with van der Waals surface area (Å²) in [6, 6.07) is 9.93. The van der Waals surface area contributed by atoms with Crippen molar-refractivity contribution in [3.05, 3.63) is 46.5 Å². The lowest BCUT2D eigenvalue weighted by Crippen LogP contribution is -2.14. The Bertz CT molecular complexity index is 925. The normalized spacial score (nSPS) is 10.6. The summed E-state index contributed by atoms with van der Waals surface area (Å²) in [5.74, 6) is 1.03. The highest BCUT2D eigenvalue weighted by Gasteiger charge is 2.16. The number of amides is 1. The zero-order chi connectivity index (χ0) is 20.7. The molecule has 0 radical (unpaired) electrons. The smallest absolute Gasteiger partial charge is 0.266 e. The Balaban J connectivity index is 2.40. The number of carbonyl (C=O) groups excluding carboxylic acids is 1. The molecule has 2 aromatic carbocycles. The number of rotatable bonds is 7. The van der Waals surface area contributed by atoms with E-state index in [1.165, 1.54) is 40.6 Å². The molecule has 0 heterocycles. The SMILES string of the molecule is COc1ccc(Cl)cc1NC(=O)/C(C#N)=C/c1cc(OC)c(OC)c(OC)c1. The lowest BCUT2D eigenvalue weighted by molar-refractivity contribution is -0.112. The first-order chi connectivity index (χ1) is 13.5. The van der Waals surface area contributed by atoms with E-state index in [4.69, 9.17) is 30.5 Å². The molecule has 0 saturated carbocycles. The van der Waals surface area contributed by atoms with Crippen LogP contribution < -0.4 is 24.3 Å². The van der Waals surface area contributed by atoms with E-state index in [1.54, 1.807) is 24.3 Å². The molecule has 0 aliphatic carbocycles. The van der Waals surface area contributed by atoms with Gasteiger partial charge in [-0.05, 0) is 42.0 Å². The van der Waals surface area contributed by atoms with Crippen LogP contribution in [0.1, 0.15) is 5.56 Å². The molecule has 0 aliphatic rings. The fraction of sp³-hybridized carbons (Fsp3) is 0.200. The van der Waals surface area contributed by atoms with Crippen LogP contribution in [0.25, 0.3) is 6.08 Å². The molecular formula is C20H19ClN2O5. The topological polar surface area (TPSA) is 89.8 Å². The Labute approximate surface area is 168 Å². The Morgan fingerprint density at radius 2 is 1.61 bits per heavy atom. The van der Waals surface area contributed by atoms with Gasteiger partial charge in [-0.1, -0.05) is 11.6 Å². The lowest BCUT2D eigenvalue weighted by Gasteiger charge is -2.13. The maximum Gasteiger partial charge on any atom is 0.266 e. The maximum atomic E-state index is 12.6. The van der Waals surface area contributed by atoms with E-state index in [-0.39, 0.29) is 5.57 Å². The average Bonchev–Trinajstić information content (AvgIpc) is 2.71. The first kappa shape index (κ1) is 20.9. The first-order valence-corrected chi connectivity index (χ1v) is 8.41. The summed E-state index contributed by atoms with van der Waals surface area (Å²) < 4.78 is 21.0. The Morgan fingerprint density at radius 1 is 1.00 bits per heavy atom. The molecule has 8 heteroatoms. The second-order valence-electron chi connectivity index (χ2n) is 5.43. The average molecular weight is 403 g/mol. The number of halogens is 1. The Morgan fingerprint density at radius 3 is 2.11 bits per heavy atom. The number of benzene rings is 2. The van der Waals surface area contributed by atoms with E-state index in [9.17, 15) is 10.1 Å². The molecular weight excluding hydrogens is 384 g/mol. The quantitative estimate of drug-likeness (QED) is 0.557. The number of nitrogens with one attached hydrogen (secondary N) is 1. The van der Waals surface area contributed by atoms with Gasteiger partial charge in [-0.15, -0.1) is 0 Å². The van der Waals surface area contributed by atoms with Crippen LogP contribution in [0, 0.1) is 11.3 Å². The van der Waals surface area contributed by atoms with E-state index >= 15 is 0 Å².